The first-order valence-corrected chi connectivity index (χ1v) is 9.90. The molecule has 7 heteroatoms. The number of nitrogens with zero attached hydrogens (tertiary/aromatic N) is 2. The number of pyridine rings is 1. The van der Waals surface area contributed by atoms with Gasteiger partial charge in [-0.1, -0.05) is 41.4 Å². The summed E-state index contributed by atoms with van der Waals surface area (Å²) in [6.45, 7) is 2.96. The Bertz CT molecular complexity index is 1070. The standard InChI is InChI=1S/C22H18Cl2FN3O/c1-13-20(27-18-4-2-3-16(23)9-18)19(10-26-21(13)24)22(29)28-11-15(12-28)14-5-7-17(25)8-6-14/h2-10,15H,11-12H2,1H3,(H,26,27). The van der Waals surface area contributed by atoms with Gasteiger partial charge in [-0.15, -0.1) is 0 Å². The summed E-state index contributed by atoms with van der Waals surface area (Å²) in [7, 11) is 0. The average molecular weight is 430 g/mol. The van der Waals surface area contributed by atoms with Crippen molar-refractivity contribution in [1.82, 2.24) is 9.88 Å². The molecule has 1 amide bonds. The van der Waals surface area contributed by atoms with E-state index >= 15 is 0 Å². The van der Waals surface area contributed by atoms with Gasteiger partial charge in [0.15, 0.2) is 0 Å². The molecule has 1 fully saturated rings. The topological polar surface area (TPSA) is 45.2 Å². The Labute approximate surface area is 178 Å². The van der Waals surface area contributed by atoms with E-state index in [1.165, 1.54) is 18.3 Å². The van der Waals surface area contributed by atoms with Crippen molar-refractivity contribution in [1.29, 1.82) is 0 Å². The Morgan fingerprint density at radius 3 is 2.59 bits per heavy atom. The lowest BCUT2D eigenvalue weighted by atomic mass is 9.90. The lowest BCUT2D eigenvalue weighted by Gasteiger charge is -2.40. The molecule has 1 aliphatic rings. The van der Waals surface area contributed by atoms with Crippen LogP contribution in [-0.2, 0) is 0 Å². The molecule has 4 nitrogen and oxygen atoms in total. The highest BCUT2D eigenvalue weighted by molar-refractivity contribution is 6.31. The van der Waals surface area contributed by atoms with Crippen molar-refractivity contribution >= 4 is 40.5 Å². The molecule has 0 unspecified atom stereocenters. The molecule has 0 bridgehead atoms. The first-order valence-electron chi connectivity index (χ1n) is 9.15. The number of nitrogens with one attached hydrogen (secondary N) is 1. The van der Waals surface area contributed by atoms with Gasteiger partial charge in [0.25, 0.3) is 5.91 Å². The predicted octanol–water partition coefficient (Wildman–Crippen LogP) is 5.82. The number of amides is 1. The summed E-state index contributed by atoms with van der Waals surface area (Å²) in [5, 5.41) is 4.18. The number of hydrogen-bond acceptors (Lipinski definition) is 3. The molecule has 0 spiro atoms. The third-order valence-electron chi connectivity index (χ3n) is 5.10. The van der Waals surface area contributed by atoms with Crippen LogP contribution in [0.15, 0.2) is 54.7 Å². The zero-order valence-corrected chi connectivity index (χ0v) is 17.1. The largest absolute Gasteiger partial charge is 0.354 e. The fraction of sp³-hybridized carbons (Fsp3) is 0.182. The third kappa shape index (κ3) is 4.07. The first kappa shape index (κ1) is 19.7. The summed E-state index contributed by atoms with van der Waals surface area (Å²) in [5.74, 6) is -0.189. The van der Waals surface area contributed by atoms with Crippen LogP contribution in [0.5, 0.6) is 0 Å². The fourth-order valence-corrected chi connectivity index (χ4v) is 3.72. The molecule has 1 aromatic heterocycles. The first-order chi connectivity index (χ1) is 13.9. The number of anilines is 2. The van der Waals surface area contributed by atoms with E-state index in [0.29, 0.717) is 40.1 Å². The van der Waals surface area contributed by atoms with Crippen LogP contribution in [0.3, 0.4) is 0 Å². The minimum atomic E-state index is -0.263. The molecule has 0 saturated carbocycles. The maximum atomic E-state index is 13.1. The van der Waals surface area contributed by atoms with Gasteiger partial charge in [-0.3, -0.25) is 4.79 Å². The predicted molar refractivity (Wildman–Crippen MR) is 114 cm³/mol. The van der Waals surface area contributed by atoms with E-state index in [9.17, 15) is 9.18 Å². The van der Waals surface area contributed by atoms with Crippen LogP contribution < -0.4 is 5.32 Å². The molecular weight excluding hydrogens is 412 g/mol. The number of carbonyl (C=O) groups is 1. The lowest BCUT2D eigenvalue weighted by Crippen LogP contribution is -2.48. The highest BCUT2D eigenvalue weighted by atomic mass is 35.5. The van der Waals surface area contributed by atoms with E-state index in [0.717, 1.165) is 11.3 Å². The Balaban J connectivity index is 1.56. The van der Waals surface area contributed by atoms with Crippen LogP contribution in [0, 0.1) is 12.7 Å². The van der Waals surface area contributed by atoms with E-state index in [2.05, 4.69) is 10.3 Å². The number of halogens is 3. The molecule has 1 aliphatic heterocycles. The zero-order chi connectivity index (χ0) is 20.5. The Morgan fingerprint density at radius 2 is 1.90 bits per heavy atom. The highest BCUT2D eigenvalue weighted by Crippen LogP contribution is 2.33. The van der Waals surface area contributed by atoms with E-state index in [4.69, 9.17) is 23.2 Å². The second kappa shape index (κ2) is 8.01. The number of rotatable bonds is 4. The van der Waals surface area contributed by atoms with Gasteiger partial charge >= 0.3 is 0 Å². The molecule has 29 heavy (non-hydrogen) atoms. The Hall–Kier alpha value is -2.63. The van der Waals surface area contributed by atoms with Crippen molar-refractivity contribution in [2.45, 2.75) is 12.8 Å². The maximum absolute atomic E-state index is 13.1. The molecule has 4 rings (SSSR count). The van der Waals surface area contributed by atoms with E-state index in [1.54, 1.807) is 29.2 Å². The summed E-state index contributed by atoms with van der Waals surface area (Å²) in [4.78, 5) is 19.0. The van der Waals surface area contributed by atoms with Crippen molar-refractivity contribution in [3.63, 3.8) is 0 Å². The number of benzene rings is 2. The maximum Gasteiger partial charge on any atom is 0.257 e. The summed E-state index contributed by atoms with van der Waals surface area (Å²) < 4.78 is 13.1. The smallest absolute Gasteiger partial charge is 0.257 e. The number of aromatic nitrogens is 1. The van der Waals surface area contributed by atoms with Crippen LogP contribution in [-0.4, -0.2) is 28.9 Å². The lowest BCUT2D eigenvalue weighted by molar-refractivity contribution is 0.0603. The van der Waals surface area contributed by atoms with Crippen LogP contribution in [0.2, 0.25) is 10.2 Å². The van der Waals surface area contributed by atoms with Crippen molar-refractivity contribution in [2.75, 3.05) is 18.4 Å². The van der Waals surface area contributed by atoms with Gasteiger partial charge in [-0.05, 0) is 42.8 Å². The minimum Gasteiger partial charge on any atom is -0.354 e. The van der Waals surface area contributed by atoms with Gasteiger partial charge in [0.2, 0.25) is 0 Å². The fourth-order valence-electron chi connectivity index (χ4n) is 3.38. The normalized spacial score (nSPS) is 13.9. The average Bonchev–Trinajstić information content (AvgIpc) is 2.66. The molecule has 2 heterocycles. The molecule has 2 aromatic carbocycles. The molecule has 0 radical (unpaired) electrons. The number of hydrogen-bond donors (Lipinski definition) is 1. The Morgan fingerprint density at radius 1 is 1.17 bits per heavy atom. The molecule has 148 valence electrons. The summed E-state index contributed by atoms with van der Waals surface area (Å²) in [6, 6.07) is 13.7. The van der Waals surface area contributed by atoms with Crippen molar-refractivity contribution in [2.24, 2.45) is 0 Å². The quantitative estimate of drug-likeness (QED) is 0.531. The minimum absolute atomic E-state index is 0.125. The number of likely N-dealkylation sites (tertiary alicyclic amines) is 1. The highest BCUT2D eigenvalue weighted by Gasteiger charge is 2.33. The van der Waals surface area contributed by atoms with Gasteiger partial charge in [0.1, 0.15) is 11.0 Å². The van der Waals surface area contributed by atoms with Crippen LogP contribution in [0.4, 0.5) is 15.8 Å². The van der Waals surface area contributed by atoms with Crippen LogP contribution in [0.1, 0.15) is 27.4 Å². The van der Waals surface area contributed by atoms with E-state index in [1.807, 2.05) is 19.1 Å². The van der Waals surface area contributed by atoms with E-state index < -0.39 is 0 Å². The van der Waals surface area contributed by atoms with Gasteiger partial charge in [0.05, 0.1) is 11.3 Å². The summed E-state index contributed by atoms with van der Waals surface area (Å²) in [5.41, 5.74) is 3.53. The SMILES string of the molecule is Cc1c(Cl)ncc(C(=O)N2CC(c3ccc(F)cc3)C2)c1Nc1cccc(Cl)c1. The summed E-state index contributed by atoms with van der Waals surface area (Å²) >= 11 is 12.3. The third-order valence-corrected chi connectivity index (χ3v) is 5.71. The van der Waals surface area contributed by atoms with Gasteiger partial charge in [-0.2, -0.15) is 0 Å². The summed E-state index contributed by atoms with van der Waals surface area (Å²) in [6.07, 6.45) is 1.50. The van der Waals surface area contributed by atoms with Gasteiger partial charge in [0, 0.05) is 41.5 Å². The van der Waals surface area contributed by atoms with Crippen molar-refractivity contribution in [3.8, 4) is 0 Å². The molecule has 0 aliphatic carbocycles. The van der Waals surface area contributed by atoms with Crippen molar-refractivity contribution in [3.05, 3.63) is 87.4 Å². The monoisotopic (exact) mass is 429 g/mol. The molecule has 3 aromatic rings. The van der Waals surface area contributed by atoms with E-state index in [-0.39, 0.29) is 17.6 Å². The van der Waals surface area contributed by atoms with Crippen LogP contribution >= 0.6 is 23.2 Å². The second-order valence-corrected chi connectivity index (χ2v) is 7.85. The Kier molecular flexibility index (Phi) is 5.43. The molecule has 0 atom stereocenters. The molecule has 1 N–H and O–H groups in total. The second-order valence-electron chi connectivity index (χ2n) is 7.06. The molecular formula is C22H18Cl2FN3O. The number of carbonyl (C=O) groups excluding carboxylic acids is 1. The molecule has 1 saturated heterocycles. The zero-order valence-electron chi connectivity index (χ0n) is 15.6. The van der Waals surface area contributed by atoms with Crippen molar-refractivity contribution < 1.29 is 9.18 Å². The van der Waals surface area contributed by atoms with Gasteiger partial charge in [-0.25, -0.2) is 9.37 Å². The van der Waals surface area contributed by atoms with Crippen LogP contribution in [0.25, 0.3) is 0 Å². The van der Waals surface area contributed by atoms with Gasteiger partial charge < -0.3 is 10.2 Å².